The Kier molecular flexibility index (Phi) is 4.00. The highest BCUT2D eigenvalue weighted by molar-refractivity contribution is 6.32. The Bertz CT molecular complexity index is 1080. The zero-order chi connectivity index (χ0) is 18.3. The second-order valence-electron chi connectivity index (χ2n) is 5.80. The van der Waals surface area contributed by atoms with Crippen LogP contribution in [-0.4, -0.2) is 24.7 Å². The Morgan fingerprint density at radius 1 is 1.15 bits per heavy atom. The number of halogens is 2. The molecule has 0 radical (unpaired) electrons. The highest BCUT2D eigenvalue weighted by Crippen LogP contribution is 2.28. The maximum absolute atomic E-state index is 14.2. The van der Waals surface area contributed by atoms with Gasteiger partial charge in [-0.1, -0.05) is 17.7 Å². The third kappa shape index (κ3) is 2.97. The molecule has 4 aromatic rings. The SMILES string of the molecule is Cc1cc(Nc2nccc3nn(-c4c(F)cccc4Cl)cc23)nc(C)n1. The number of nitrogens with zero attached hydrogens (tertiary/aromatic N) is 5. The molecule has 0 unspecified atom stereocenters. The van der Waals surface area contributed by atoms with E-state index in [0.717, 1.165) is 11.1 Å². The molecule has 26 heavy (non-hydrogen) atoms. The standard InChI is InChI=1S/C18H14ClFN6/c1-10-8-16(23-11(2)22-10)24-18-12-9-26(25-15(12)6-7-21-18)17-13(19)4-3-5-14(17)20/h3-9H,1-2H3,(H,21,22,23,24). The van der Waals surface area contributed by atoms with Crippen molar-refractivity contribution in [1.82, 2.24) is 24.7 Å². The molecule has 6 nitrogen and oxygen atoms in total. The van der Waals surface area contributed by atoms with Gasteiger partial charge in [-0.2, -0.15) is 5.10 Å². The molecule has 0 amide bonds. The summed E-state index contributed by atoms with van der Waals surface area (Å²) >= 11 is 6.15. The molecule has 0 saturated heterocycles. The Labute approximate surface area is 153 Å². The van der Waals surface area contributed by atoms with Crippen molar-refractivity contribution in [3.05, 3.63) is 65.1 Å². The Balaban J connectivity index is 1.81. The highest BCUT2D eigenvalue weighted by Gasteiger charge is 2.14. The van der Waals surface area contributed by atoms with E-state index >= 15 is 0 Å². The van der Waals surface area contributed by atoms with Gasteiger partial charge in [0.25, 0.3) is 0 Å². The number of para-hydroxylation sites is 1. The molecule has 4 rings (SSSR count). The lowest BCUT2D eigenvalue weighted by Crippen LogP contribution is -2.00. The zero-order valence-corrected chi connectivity index (χ0v) is 14.8. The molecule has 0 aliphatic rings. The number of aryl methyl sites for hydroxylation is 2. The summed E-state index contributed by atoms with van der Waals surface area (Å²) in [6.45, 7) is 3.72. The fourth-order valence-corrected chi connectivity index (χ4v) is 3.02. The van der Waals surface area contributed by atoms with Crippen LogP contribution in [0.3, 0.4) is 0 Å². The van der Waals surface area contributed by atoms with Gasteiger partial charge < -0.3 is 5.32 Å². The van der Waals surface area contributed by atoms with Crippen LogP contribution in [0.15, 0.2) is 42.7 Å². The van der Waals surface area contributed by atoms with Gasteiger partial charge in [-0.25, -0.2) is 24.0 Å². The molecule has 0 bridgehead atoms. The lowest BCUT2D eigenvalue weighted by molar-refractivity contribution is 0.612. The van der Waals surface area contributed by atoms with E-state index < -0.39 is 5.82 Å². The van der Waals surface area contributed by atoms with Gasteiger partial charge in [-0.15, -0.1) is 0 Å². The molecule has 0 atom stereocenters. The number of pyridine rings is 1. The average molecular weight is 369 g/mol. The van der Waals surface area contributed by atoms with E-state index in [1.54, 1.807) is 30.6 Å². The van der Waals surface area contributed by atoms with Crippen molar-refractivity contribution in [2.75, 3.05) is 5.32 Å². The van der Waals surface area contributed by atoms with E-state index in [-0.39, 0.29) is 10.7 Å². The van der Waals surface area contributed by atoms with Crippen molar-refractivity contribution >= 4 is 34.1 Å². The number of benzene rings is 1. The number of hydrogen-bond acceptors (Lipinski definition) is 5. The number of fused-ring (bicyclic) bond motifs is 1. The van der Waals surface area contributed by atoms with Crippen LogP contribution < -0.4 is 5.32 Å². The summed E-state index contributed by atoms with van der Waals surface area (Å²) in [7, 11) is 0. The normalized spacial score (nSPS) is 11.1. The lowest BCUT2D eigenvalue weighted by atomic mass is 10.3. The summed E-state index contributed by atoms with van der Waals surface area (Å²) in [4.78, 5) is 13.0. The highest BCUT2D eigenvalue weighted by atomic mass is 35.5. The van der Waals surface area contributed by atoms with Crippen molar-refractivity contribution in [3.63, 3.8) is 0 Å². The molecule has 0 saturated carbocycles. The van der Waals surface area contributed by atoms with Crippen LogP contribution in [0.2, 0.25) is 5.02 Å². The summed E-state index contributed by atoms with van der Waals surface area (Å²) in [6, 6.07) is 8.10. The first-order valence-corrected chi connectivity index (χ1v) is 8.27. The maximum Gasteiger partial charge on any atom is 0.150 e. The van der Waals surface area contributed by atoms with Crippen molar-refractivity contribution in [1.29, 1.82) is 0 Å². The van der Waals surface area contributed by atoms with Crippen molar-refractivity contribution in [3.8, 4) is 5.69 Å². The smallest absolute Gasteiger partial charge is 0.150 e. The molecular weight excluding hydrogens is 355 g/mol. The molecule has 8 heteroatoms. The van der Waals surface area contributed by atoms with Crippen LogP contribution in [0.1, 0.15) is 11.5 Å². The molecule has 0 fully saturated rings. The van der Waals surface area contributed by atoms with E-state index in [1.165, 1.54) is 10.7 Å². The molecule has 130 valence electrons. The minimum atomic E-state index is -0.449. The van der Waals surface area contributed by atoms with E-state index in [4.69, 9.17) is 11.6 Å². The summed E-state index contributed by atoms with van der Waals surface area (Å²) < 4.78 is 15.6. The number of anilines is 2. The fraction of sp³-hybridized carbons (Fsp3) is 0.111. The molecule has 3 aromatic heterocycles. The minimum Gasteiger partial charge on any atom is -0.324 e. The Morgan fingerprint density at radius 3 is 2.77 bits per heavy atom. The molecule has 1 N–H and O–H groups in total. The Hall–Kier alpha value is -3.06. The van der Waals surface area contributed by atoms with Crippen LogP contribution in [0.25, 0.3) is 16.6 Å². The van der Waals surface area contributed by atoms with Gasteiger partial charge in [-0.05, 0) is 32.0 Å². The lowest BCUT2D eigenvalue weighted by Gasteiger charge is -2.07. The first-order valence-electron chi connectivity index (χ1n) is 7.89. The van der Waals surface area contributed by atoms with Crippen LogP contribution in [0, 0.1) is 19.7 Å². The second kappa shape index (κ2) is 6.34. The molecule has 0 aliphatic carbocycles. The molecule has 1 aromatic carbocycles. The van der Waals surface area contributed by atoms with Gasteiger partial charge in [0.2, 0.25) is 0 Å². The van der Waals surface area contributed by atoms with E-state index in [2.05, 4.69) is 25.4 Å². The van der Waals surface area contributed by atoms with Crippen LogP contribution in [-0.2, 0) is 0 Å². The van der Waals surface area contributed by atoms with Crippen LogP contribution in [0.5, 0.6) is 0 Å². The van der Waals surface area contributed by atoms with Gasteiger partial charge in [-0.3, -0.25) is 0 Å². The van der Waals surface area contributed by atoms with E-state index in [1.807, 2.05) is 19.9 Å². The van der Waals surface area contributed by atoms with Gasteiger partial charge in [0.05, 0.1) is 15.9 Å². The summed E-state index contributed by atoms with van der Waals surface area (Å²) in [5, 5.41) is 8.60. The first kappa shape index (κ1) is 16.4. The third-order valence-electron chi connectivity index (χ3n) is 3.81. The largest absolute Gasteiger partial charge is 0.324 e. The van der Waals surface area contributed by atoms with Gasteiger partial charge in [0.15, 0.2) is 0 Å². The topological polar surface area (TPSA) is 68.5 Å². The molecule has 0 spiro atoms. The predicted molar refractivity (Wildman–Crippen MR) is 98.6 cm³/mol. The minimum absolute atomic E-state index is 0.199. The maximum atomic E-state index is 14.2. The average Bonchev–Trinajstić information content (AvgIpc) is 2.98. The van der Waals surface area contributed by atoms with Gasteiger partial charge in [0.1, 0.15) is 29.0 Å². The van der Waals surface area contributed by atoms with E-state index in [9.17, 15) is 4.39 Å². The summed E-state index contributed by atoms with van der Waals surface area (Å²) in [5.74, 6) is 1.41. The predicted octanol–water partition coefficient (Wildman–Crippen LogP) is 4.36. The molecule has 3 heterocycles. The number of nitrogens with one attached hydrogen (secondary N) is 1. The number of hydrogen-bond donors (Lipinski definition) is 1. The van der Waals surface area contributed by atoms with Crippen LogP contribution in [0.4, 0.5) is 16.0 Å². The Morgan fingerprint density at radius 2 is 2.00 bits per heavy atom. The fourth-order valence-electron chi connectivity index (χ4n) is 2.77. The molecule has 0 aliphatic heterocycles. The van der Waals surface area contributed by atoms with Crippen molar-refractivity contribution in [2.24, 2.45) is 0 Å². The number of aromatic nitrogens is 5. The first-order chi connectivity index (χ1) is 12.5. The summed E-state index contributed by atoms with van der Waals surface area (Å²) in [5.41, 5.74) is 1.70. The zero-order valence-electron chi connectivity index (χ0n) is 14.0. The van der Waals surface area contributed by atoms with Gasteiger partial charge in [0, 0.05) is 24.2 Å². The second-order valence-corrected chi connectivity index (χ2v) is 6.21. The third-order valence-corrected chi connectivity index (χ3v) is 4.12. The number of rotatable bonds is 3. The van der Waals surface area contributed by atoms with Crippen molar-refractivity contribution < 1.29 is 4.39 Å². The van der Waals surface area contributed by atoms with E-state index in [0.29, 0.717) is 23.0 Å². The van der Waals surface area contributed by atoms with Crippen LogP contribution >= 0.6 is 11.6 Å². The quantitative estimate of drug-likeness (QED) is 0.581. The summed E-state index contributed by atoms with van der Waals surface area (Å²) in [6.07, 6.45) is 3.32. The molecular formula is C18H14ClFN6. The van der Waals surface area contributed by atoms with Gasteiger partial charge >= 0.3 is 0 Å². The van der Waals surface area contributed by atoms with Crippen molar-refractivity contribution in [2.45, 2.75) is 13.8 Å². The monoisotopic (exact) mass is 368 g/mol.